The Morgan fingerprint density at radius 1 is 1.45 bits per heavy atom. The zero-order chi connectivity index (χ0) is 14.7. The third-order valence-corrected chi connectivity index (χ3v) is 3.86. The molecule has 2 N–H and O–H groups in total. The summed E-state index contributed by atoms with van der Waals surface area (Å²) in [6.07, 6.45) is 3.80. The van der Waals surface area contributed by atoms with Crippen LogP contribution >= 0.6 is 0 Å². The van der Waals surface area contributed by atoms with E-state index in [0.29, 0.717) is 12.1 Å². The van der Waals surface area contributed by atoms with E-state index in [9.17, 15) is 14.5 Å². The molecule has 0 radical (unpaired) electrons. The van der Waals surface area contributed by atoms with Gasteiger partial charge < -0.3 is 10.5 Å². The average molecular weight is 282 g/mol. The Morgan fingerprint density at radius 3 is 2.80 bits per heavy atom. The number of ether oxygens (including phenoxy) is 1. The molecule has 110 valence electrons. The van der Waals surface area contributed by atoms with Crippen LogP contribution in [0.15, 0.2) is 12.1 Å². The number of benzene rings is 1. The maximum atomic E-state index is 13.5. The summed E-state index contributed by atoms with van der Waals surface area (Å²) in [7, 11) is 0. The van der Waals surface area contributed by atoms with Crippen molar-refractivity contribution >= 4 is 5.69 Å². The van der Waals surface area contributed by atoms with Crippen LogP contribution in [-0.2, 0) is 0 Å². The predicted molar refractivity (Wildman–Crippen MR) is 73.2 cm³/mol. The van der Waals surface area contributed by atoms with Crippen molar-refractivity contribution in [2.75, 3.05) is 6.54 Å². The average Bonchev–Trinajstić information content (AvgIpc) is 2.43. The monoisotopic (exact) mass is 282 g/mol. The highest BCUT2D eigenvalue weighted by Gasteiger charge is 2.28. The molecule has 1 fully saturated rings. The van der Waals surface area contributed by atoms with E-state index in [-0.39, 0.29) is 23.5 Å². The number of nitro benzene ring substituents is 1. The Labute approximate surface area is 117 Å². The summed E-state index contributed by atoms with van der Waals surface area (Å²) in [5.74, 6) is -0.254. The van der Waals surface area contributed by atoms with Crippen molar-refractivity contribution in [1.82, 2.24) is 0 Å². The summed E-state index contributed by atoms with van der Waals surface area (Å²) in [4.78, 5) is 10.4. The molecule has 1 aromatic rings. The highest BCUT2D eigenvalue weighted by molar-refractivity contribution is 5.49. The first kappa shape index (κ1) is 14.7. The Hall–Kier alpha value is -1.69. The third-order valence-electron chi connectivity index (χ3n) is 3.86. The van der Waals surface area contributed by atoms with Crippen LogP contribution in [0, 0.1) is 28.8 Å². The second-order valence-corrected chi connectivity index (χ2v) is 5.26. The van der Waals surface area contributed by atoms with E-state index in [1.54, 1.807) is 6.92 Å². The van der Waals surface area contributed by atoms with E-state index in [1.165, 1.54) is 6.07 Å². The topological polar surface area (TPSA) is 78.4 Å². The number of aryl methyl sites for hydroxylation is 1. The van der Waals surface area contributed by atoms with Crippen LogP contribution in [0.3, 0.4) is 0 Å². The second kappa shape index (κ2) is 6.17. The first-order chi connectivity index (χ1) is 9.52. The lowest BCUT2D eigenvalue weighted by Gasteiger charge is -2.30. The zero-order valence-electron chi connectivity index (χ0n) is 11.5. The highest BCUT2D eigenvalue weighted by atomic mass is 19.1. The van der Waals surface area contributed by atoms with Gasteiger partial charge in [0.15, 0.2) is 5.75 Å². The fourth-order valence-corrected chi connectivity index (χ4v) is 2.64. The fourth-order valence-electron chi connectivity index (χ4n) is 2.64. The predicted octanol–water partition coefficient (Wildman–Crippen LogP) is 2.94. The molecule has 0 heterocycles. The number of hydrogen-bond donors (Lipinski definition) is 1. The zero-order valence-corrected chi connectivity index (χ0v) is 11.5. The molecule has 0 aromatic heterocycles. The summed E-state index contributed by atoms with van der Waals surface area (Å²) in [6.45, 7) is 2.06. The minimum atomic E-state index is -0.613. The van der Waals surface area contributed by atoms with Crippen LogP contribution < -0.4 is 10.5 Å². The van der Waals surface area contributed by atoms with E-state index in [4.69, 9.17) is 10.5 Å². The van der Waals surface area contributed by atoms with Crippen molar-refractivity contribution in [3.8, 4) is 5.75 Å². The van der Waals surface area contributed by atoms with Crippen molar-refractivity contribution in [3.63, 3.8) is 0 Å². The minimum Gasteiger partial charge on any atom is -0.483 e. The van der Waals surface area contributed by atoms with Gasteiger partial charge >= 0.3 is 5.69 Å². The van der Waals surface area contributed by atoms with Gasteiger partial charge in [-0.2, -0.15) is 0 Å². The largest absolute Gasteiger partial charge is 0.483 e. The Kier molecular flexibility index (Phi) is 4.54. The first-order valence-corrected chi connectivity index (χ1v) is 6.84. The molecule has 0 amide bonds. The molecule has 20 heavy (non-hydrogen) atoms. The van der Waals surface area contributed by atoms with Gasteiger partial charge in [-0.1, -0.05) is 6.42 Å². The summed E-state index contributed by atoms with van der Waals surface area (Å²) in [5.41, 5.74) is 5.74. The van der Waals surface area contributed by atoms with E-state index >= 15 is 0 Å². The van der Waals surface area contributed by atoms with Crippen LogP contribution in [0.25, 0.3) is 0 Å². The minimum absolute atomic E-state index is 0.127. The molecule has 1 saturated carbocycles. The number of halogens is 1. The van der Waals surface area contributed by atoms with Crippen LogP contribution in [-0.4, -0.2) is 17.6 Å². The van der Waals surface area contributed by atoms with Crippen LogP contribution in [0.1, 0.15) is 31.2 Å². The molecule has 0 spiro atoms. The number of rotatable bonds is 4. The summed E-state index contributed by atoms with van der Waals surface area (Å²) in [6, 6.07) is 2.32. The van der Waals surface area contributed by atoms with Crippen molar-refractivity contribution < 1.29 is 14.1 Å². The molecule has 1 aliphatic carbocycles. The van der Waals surface area contributed by atoms with Crippen LogP contribution in [0.5, 0.6) is 5.75 Å². The van der Waals surface area contributed by atoms with Gasteiger partial charge in [0.25, 0.3) is 0 Å². The van der Waals surface area contributed by atoms with E-state index in [0.717, 1.165) is 31.7 Å². The van der Waals surface area contributed by atoms with Gasteiger partial charge in [0.1, 0.15) is 11.9 Å². The Morgan fingerprint density at radius 2 is 2.15 bits per heavy atom. The number of hydrogen-bond acceptors (Lipinski definition) is 4. The molecule has 2 atom stereocenters. The highest BCUT2D eigenvalue weighted by Crippen LogP contribution is 2.34. The van der Waals surface area contributed by atoms with Crippen molar-refractivity contribution in [2.45, 2.75) is 38.7 Å². The maximum Gasteiger partial charge on any atom is 0.313 e. The quantitative estimate of drug-likeness (QED) is 0.680. The second-order valence-electron chi connectivity index (χ2n) is 5.26. The summed E-state index contributed by atoms with van der Waals surface area (Å²) in [5, 5.41) is 11.0. The van der Waals surface area contributed by atoms with Gasteiger partial charge in [-0.05, 0) is 44.4 Å². The molecular formula is C14H19FN2O3. The Bertz CT molecular complexity index is 507. The van der Waals surface area contributed by atoms with Crippen LogP contribution in [0.4, 0.5) is 10.1 Å². The number of nitrogens with two attached hydrogens (primary N) is 1. The van der Waals surface area contributed by atoms with Gasteiger partial charge in [-0.3, -0.25) is 10.1 Å². The molecular weight excluding hydrogens is 263 g/mol. The molecule has 0 saturated heterocycles. The van der Waals surface area contributed by atoms with E-state index in [1.807, 2.05) is 0 Å². The summed E-state index contributed by atoms with van der Waals surface area (Å²) >= 11 is 0. The smallest absolute Gasteiger partial charge is 0.313 e. The van der Waals surface area contributed by atoms with E-state index < -0.39 is 10.7 Å². The maximum absolute atomic E-state index is 13.5. The SMILES string of the molecule is Cc1cc(OC2CCCCC2CN)c([N+](=O)[O-])cc1F. The molecule has 2 rings (SSSR count). The molecule has 2 unspecified atom stereocenters. The molecule has 0 aliphatic heterocycles. The lowest BCUT2D eigenvalue weighted by Crippen LogP contribution is -2.35. The molecule has 0 bridgehead atoms. The van der Waals surface area contributed by atoms with Crippen LogP contribution in [0.2, 0.25) is 0 Å². The first-order valence-electron chi connectivity index (χ1n) is 6.84. The van der Waals surface area contributed by atoms with Gasteiger partial charge in [0.05, 0.1) is 11.0 Å². The van der Waals surface area contributed by atoms with Crippen molar-refractivity contribution in [3.05, 3.63) is 33.6 Å². The van der Waals surface area contributed by atoms with Gasteiger partial charge in [-0.25, -0.2) is 4.39 Å². The lowest BCUT2D eigenvalue weighted by atomic mass is 9.86. The van der Waals surface area contributed by atoms with Crippen molar-refractivity contribution in [1.29, 1.82) is 0 Å². The molecule has 1 aromatic carbocycles. The van der Waals surface area contributed by atoms with Gasteiger partial charge in [0.2, 0.25) is 0 Å². The van der Waals surface area contributed by atoms with Gasteiger partial charge in [0, 0.05) is 5.92 Å². The number of nitrogens with zero attached hydrogens (tertiary/aromatic N) is 1. The van der Waals surface area contributed by atoms with E-state index in [2.05, 4.69) is 0 Å². The third kappa shape index (κ3) is 3.07. The molecule has 1 aliphatic rings. The molecule has 6 heteroatoms. The summed E-state index contributed by atoms with van der Waals surface area (Å²) < 4.78 is 19.3. The Balaban J connectivity index is 2.27. The van der Waals surface area contributed by atoms with Crippen molar-refractivity contribution in [2.24, 2.45) is 11.7 Å². The standard InChI is InChI=1S/C14H19FN2O3/c1-9-6-14(12(17(18)19)7-11(9)15)20-13-5-3-2-4-10(13)8-16/h6-7,10,13H,2-5,8,16H2,1H3. The molecule has 5 nitrogen and oxygen atoms in total. The number of nitro groups is 1. The fraction of sp³-hybridized carbons (Fsp3) is 0.571. The van der Waals surface area contributed by atoms with Gasteiger partial charge in [-0.15, -0.1) is 0 Å². The lowest BCUT2D eigenvalue weighted by molar-refractivity contribution is -0.386. The normalized spacial score (nSPS) is 22.6.